The predicted molar refractivity (Wildman–Crippen MR) is 112 cm³/mol. The second kappa shape index (κ2) is 6.20. The molecule has 3 unspecified atom stereocenters. The number of aliphatic hydroxyl groups is 2. The van der Waals surface area contributed by atoms with E-state index in [1.54, 1.807) is 13.0 Å². The highest BCUT2D eigenvalue weighted by Crippen LogP contribution is 2.70. The molecule has 154 valence electrons. The topological polar surface area (TPSA) is 74.6 Å². The molecule has 4 rings (SSSR count). The fourth-order valence-corrected chi connectivity index (χ4v) is 7.80. The number of ketones is 2. The van der Waals surface area contributed by atoms with E-state index < -0.39 is 34.1 Å². The summed E-state index contributed by atoms with van der Waals surface area (Å²) in [5, 5.41) is 22.5. The summed E-state index contributed by atoms with van der Waals surface area (Å²) in [6.07, 6.45) is 4.70. The van der Waals surface area contributed by atoms with E-state index >= 15 is 4.39 Å². The monoisotopic (exact) mass is 502 g/mol. The van der Waals surface area contributed by atoms with Crippen LogP contribution in [0.3, 0.4) is 0 Å². The van der Waals surface area contributed by atoms with Crippen LogP contribution in [-0.4, -0.2) is 43.6 Å². The summed E-state index contributed by atoms with van der Waals surface area (Å²) in [5.74, 6) is -1.04. The molecule has 0 bridgehead atoms. The smallest absolute Gasteiger partial charge is 0.178 e. The van der Waals surface area contributed by atoms with E-state index in [1.165, 1.54) is 12.2 Å². The maximum absolute atomic E-state index is 17.0. The minimum atomic E-state index is -1.93. The first-order valence-corrected chi connectivity index (χ1v) is 11.6. The molecule has 0 aromatic rings. The van der Waals surface area contributed by atoms with Crippen molar-refractivity contribution in [2.45, 2.75) is 63.8 Å². The molecule has 8 atom stereocenters. The number of allylic oxidation sites excluding steroid dienone is 4. The van der Waals surface area contributed by atoms with Crippen LogP contribution in [0.15, 0.2) is 23.8 Å². The first-order chi connectivity index (χ1) is 13.0. The van der Waals surface area contributed by atoms with Crippen LogP contribution in [0.1, 0.15) is 46.5 Å². The molecule has 3 fully saturated rings. The van der Waals surface area contributed by atoms with Crippen molar-refractivity contribution in [2.24, 2.45) is 28.6 Å². The lowest BCUT2D eigenvalue weighted by Crippen LogP contribution is -2.69. The Morgan fingerprint density at radius 1 is 1.36 bits per heavy atom. The van der Waals surface area contributed by atoms with Gasteiger partial charge >= 0.3 is 0 Å². The number of hydrogen-bond acceptors (Lipinski definition) is 4. The zero-order chi connectivity index (χ0) is 20.7. The maximum Gasteiger partial charge on any atom is 0.178 e. The molecule has 0 aromatic heterocycles. The van der Waals surface area contributed by atoms with Gasteiger partial charge in [0, 0.05) is 16.7 Å². The molecule has 28 heavy (non-hydrogen) atoms. The first-order valence-electron chi connectivity index (χ1n) is 10.1. The number of rotatable bonds is 2. The highest BCUT2D eigenvalue weighted by Gasteiger charge is 2.74. The molecule has 0 radical (unpaired) electrons. The molecule has 2 N–H and O–H groups in total. The summed E-state index contributed by atoms with van der Waals surface area (Å²) in [5.41, 5.74) is -4.60. The lowest BCUT2D eigenvalue weighted by atomic mass is 9.43. The lowest BCUT2D eigenvalue weighted by molar-refractivity contribution is -0.219. The summed E-state index contributed by atoms with van der Waals surface area (Å²) in [7, 11) is 0. The van der Waals surface area contributed by atoms with Crippen LogP contribution in [0.2, 0.25) is 0 Å². The number of halogens is 2. The van der Waals surface area contributed by atoms with Crippen molar-refractivity contribution in [2.75, 3.05) is 4.43 Å². The third-order valence-corrected chi connectivity index (χ3v) is 9.40. The minimum Gasteiger partial charge on any atom is -0.390 e. The Morgan fingerprint density at radius 2 is 2.04 bits per heavy atom. The van der Waals surface area contributed by atoms with Crippen LogP contribution in [0, 0.1) is 28.6 Å². The SMILES string of the molecule is C[C@H]1CC2C3CC[C@](O)(C(=O)CI)[C@@]3(C)C[C@H](O)C2(F)[C@@]2(C)C=CC(=O)C=C12. The number of carbonyl (C=O) groups is 2. The van der Waals surface area contributed by atoms with Gasteiger partial charge in [-0.1, -0.05) is 48.1 Å². The van der Waals surface area contributed by atoms with Gasteiger partial charge in [0.25, 0.3) is 0 Å². The van der Waals surface area contributed by atoms with Gasteiger partial charge in [-0.25, -0.2) is 4.39 Å². The Morgan fingerprint density at radius 3 is 2.68 bits per heavy atom. The molecule has 0 heterocycles. The Bertz CT molecular complexity index is 808. The van der Waals surface area contributed by atoms with E-state index in [2.05, 4.69) is 0 Å². The number of carbonyl (C=O) groups excluding carboxylic acids is 2. The van der Waals surface area contributed by atoms with Gasteiger partial charge in [0.05, 0.1) is 10.5 Å². The fourth-order valence-electron chi connectivity index (χ4n) is 7.17. The maximum atomic E-state index is 17.0. The number of Topliss-reactive ketones (excluding diaryl/α,β-unsaturated/α-hetero) is 1. The Kier molecular flexibility index (Phi) is 4.58. The highest BCUT2D eigenvalue weighted by atomic mass is 127. The van der Waals surface area contributed by atoms with Crippen LogP contribution in [0.25, 0.3) is 0 Å². The largest absolute Gasteiger partial charge is 0.390 e. The third-order valence-electron chi connectivity index (χ3n) is 8.70. The van der Waals surface area contributed by atoms with Crippen molar-refractivity contribution in [1.82, 2.24) is 0 Å². The standard InChI is InChI=1S/C22H28FIO4/c1-12-8-16-14-5-7-21(28,18(27)11-24)20(14,3)10-17(26)22(16,23)19(2)6-4-13(25)9-15(12)19/h4,6,9,12,14,16-17,26,28H,5,7-8,10-11H2,1-3H3/t12-,14?,16?,17-,19-,20-,21-,22?/m0/s1. The van der Waals surface area contributed by atoms with E-state index in [1.807, 2.05) is 36.4 Å². The Hall–Kier alpha value is -0.600. The molecule has 4 aliphatic carbocycles. The Labute approximate surface area is 178 Å². The molecule has 0 spiro atoms. The highest BCUT2D eigenvalue weighted by molar-refractivity contribution is 14.1. The molecule has 4 nitrogen and oxygen atoms in total. The zero-order valence-corrected chi connectivity index (χ0v) is 18.7. The summed E-state index contributed by atoms with van der Waals surface area (Å²) < 4.78 is 17.2. The van der Waals surface area contributed by atoms with E-state index in [9.17, 15) is 19.8 Å². The minimum absolute atomic E-state index is 0.00343. The van der Waals surface area contributed by atoms with Crippen LogP contribution >= 0.6 is 22.6 Å². The van der Waals surface area contributed by atoms with Crippen molar-refractivity contribution >= 4 is 34.2 Å². The van der Waals surface area contributed by atoms with Crippen molar-refractivity contribution in [3.8, 4) is 0 Å². The van der Waals surface area contributed by atoms with Crippen LogP contribution in [-0.2, 0) is 9.59 Å². The summed E-state index contributed by atoms with van der Waals surface area (Å²) in [4.78, 5) is 24.6. The molecule has 0 aromatic carbocycles. The number of alkyl halides is 2. The summed E-state index contributed by atoms with van der Waals surface area (Å²) in [6.45, 7) is 5.65. The van der Waals surface area contributed by atoms with Crippen molar-refractivity contribution < 1.29 is 24.2 Å². The number of aliphatic hydroxyl groups excluding tert-OH is 1. The molecule has 4 aliphatic rings. The lowest BCUT2D eigenvalue weighted by Gasteiger charge is -2.63. The van der Waals surface area contributed by atoms with Gasteiger partial charge in [-0.05, 0) is 56.6 Å². The van der Waals surface area contributed by atoms with Crippen LogP contribution in [0.5, 0.6) is 0 Å². The third kappa shape index (κ3) is 2.23. The van der Waals surface area contributed by atoms with Crippen LogP contribution in [0.4, 0.5) is 4.39 Å². The molecular formula is C22H28FIO4. The quantitative estimate of drug-likeness (QED) is 0.449. The molecule has 0 saturated heterocycles. The van der Waals surface area contributed by atoms with Gasteiger partial charge in [-0.3, -0.25) is 9.59 Å². The molecular weight excluding hydrogens is 474 g/mol. The van der Waals surface area contributed by atoms with Crippen molar-refractivity contribution in [1.29, 1.82) is 0 Å². The second-order valence-electron chi connectivity index (χ2n) is 9.75. The fraction of sp³-hybridized carbons (Fsp3) is 0.727. The summed E-state index contributed by atoms with van der Waals surface area (Å²) >= 11 is 1.97. The van der Waals surface area contributed by atoms with E-state index in [4.69, 9.17) is 0 Å². The molecule has 0 aliphatic heterocycles. The van der Waals surface area contributed by atoms with Gasteiger partial charge in [-0.15, -0.1) is 0 Å². The number of hydrogen-bond donors (Lipinski definition) is 2. The van der Waals surface area contributed by atoms with Gasteiger partial charge in [0.2, 0.25) is 0 Å². The van der Waals surface area contributed by atoms with Gasteiger partial charge < -0.3 is 10.2 Å². The summed E-state index contributed by atoms with van der Waals surface area (Å²) in [6, 6.07) is 0. The Balaban J connectivity index is 1.84. The number of fused-ring (bicyclic) bond motifs is 5. The van der Waals surface area contributed by atoms with Crippen molar-refractivity contribution in [3.63, 3.8) is 0 Å². The average molecular weight is 502 g/mol. The normalized spacial score (nSPS) is 52.5. The van der Waals surface area contributed by atoms with E-state index in [0.29, 0.717) is 19.3 Å². The average Bonchev–Trinajstić information content (AvgIpc) is 2.91. The van der Waals surface area contributed by atoms with Gasteiger partial charge in [-0.2, -0.15) is 0 Å². The second-order valence-corrected chi connectivity index (χ2v) is 10.5. The predicted octanol–water partition coefficient (Wildman–Crippen LogP) is 3.34. The van der Waals surface area contributed by atoms with Gasteiger partial charge in [0.15, 0.2) is 17.2 Å². The molecule has 3 saturated carbocycles. The van der Waals surface area contributed by atoms with E-state index in [0.717, 1.165) is 5.57 Å². The first kappa shape index (κ1) is 20.7. The zero-order valence-electron chi connectivity index (χ0n) is 16.5. The van der Waals surface area contributed by atoms with Crippen LogP contribution < -0.4 is 0 Å². The molecule has 0 amide bonds. The van der Waals surface area contributed by atoms with E-state index in [-0.39, 0.29) is 34.3 Å². The van der Waals surface area contributed by atoms with Crippen molar-refractivity contribution in [3.05, 3.63) is 23.8 Å². The van der Waals surface area contributed by atoms with Gasteiger partial charge in [0.1, 0.15) is 5.60 Å². The molecule has 6 heteroatoms.